The molecule has 1 aromatic carbocycles. The lowest BCUT2D eigenvalue weighted by molar-refractivity contribution is -0.125. The van der Waals surface area contributed by atoms with Crippen LogP contribution in [0.5, 0.6) is 0 Å². The van der Waals surface area contributed by atoms with Crippen molar-refractivity contribution in [2.45, 2.75) is 58.7 Å². The summed E-state index contributed by atoms with van der Waals surface area (Å²) in [6.45, 7) is 5.36. The number of carbonyl (C=O) groups excluding carboxylic acids is 1. The molecule has 168 valence electrons. The zero-order chi connectivity index (χ0) is 23.2. The van der Waals surface area contributed by atoms with Crippen LogP contribution in [0.1, 0.15) is 53.1 Å². The maximum atomic E-state index is 14.6. The van der Waals surface area contributed by atoms with Gasteiger partial charge < -0.3 is 14.8 Å². The van der Waals surface area contributed by atoms with Gasteiger partial charge in [-0.15, -0.1) is 0 Å². The maximum absolute atomic E-state index is 14.6. The zero-order valence-corrected chi connectivity index (χ0v) is 18.8. The number of methoxy groups -OCH3 is 1. The van der Waals surface area contributed by atoms with Crippen LogP contribution in [0.3, 0.4) is 0 Å². The van der Waals surface area contributed by atoms with Gasteiger partial charge in [0.2, 0.25) is 0 Å². The number of aldehydes is 1. The lowest BCUT2D eigenvalue weighted by Crippen LogP contribution is -2.32. The Balaban J connectivity index is 2.05. The first-order chi connectivity index (χ1) is 15.3. The van der Waals surface area contributed by atoms with Gasteiger partial charge in [-0.1, -0.05) is 6.92 Å². The molecular weight excluding hydrogens is 411 g/mol. The average Bonchev–Trinajstić information content (AvgIpc) is 2.80. The van der Waals surface area contributed by atoms with Crippen molar-refractivity contribution in [2.75, 3.05) is 7.11 Å². The number of aromatic nitrogens is 2. The molecule has 0 spiro atoms. The van der Waals surface area contributed by atoms with E-state index in [4.69, 9.17) is 9.72 Å². The smallest absolute Gasteiger partial charge is 0.254 e. The second-order valence-electron chi connectivity index (χ2n) is 8.51. The molecule has 0 amide bonds. The number of rotatable bonds is 6. The van der Waals surface area contributed by atoms with E-state index in [1.54, 1.807) is 19.9 Å². The van der Waals surface area contributed by atoms with Crippen molar-refractivity contribution >= 4 is 17.2 Å². The number of aryl methyl sites for hydroxylation is 2. The summed E-state index contributed by atoms with van der Waals surface area (Å²) in [6.07, 6.45) is 3.09. The second kappa shape index (κ2) is 8.22. The second-order valence-corrected chi connectivity index (χ2v) is 8.51. The van der Waals surface area contributed by atoms with E-state index in [0.29, 0.717) is 28.8 Å². The number of nitrogens with one attached hydrogen (secondary N) is 1. The highest BCUT2D eigenvalue weighted by atomic mass is 19.1. The van der Waals surface area contributed by atoms with Gasteiger partial charge in [-0.3, -0.25) is 9.59 Å². The van der Waals surface area contributed by atoms with Gasteiger partial charge in [0.1, 0.15) is 11.4 Å². The fourth-order valence-corrected chi connectivity index (χ4v) is 4.80. The van der Waals surface area contributed by atoms with Gasteiger partial charge in [-0.25, -0.2) is 9.37 Å². The predicted molar refractivity (Wildman–Crippen MR) is 120 cm³/mol. The van der Waals surface area contributed by atoms with Gasteiger partial charge in [0.25, 0.3) is 5.56 Å². The number of aliphatic hydroxyl groups is 1. The van der Waals surface area contributed by atoms with E-state index in [0.717, 1.165) is 41.3 Å². The monoisotopic (exact) mass is 438 g/mol. The number of pyridine rings is 2. The number of aromatic amines is 1. The number of carbonyl (C=O) groups is 1. The molecule has 2 heterocycles. The van der Waals surface area contributed by atoms with Crippen LogP contribution >= 0.6 is 0 Å². The Morgan fingerprint density at radius 3 is 2.56 bits per heavy atom. The summed E-state index contributed by atoms with van der Waals surface area (Å²) in [4.78, 5) is 32.3. The molecule has 3 aromatic rings. The van der Waals surface area contributed by atoms with Gasteiger partial charge in [-0.05, 0) is 67.9 Å². The third-order valence-electron chi connectivity index (χ3n) is 6.71. The number of ether oxygens (including phenoxy) is 1. The Morgan fingerprint density at radius 1 is 1.25 bits per heavy atom. The summed E-state index contributed by atoms with van der Waals surface area (Å²) in [7, 11) is 1.44. The number of H-pyrrole nitrogens is 1. The number of hydrogen-bond acceptors (Lipinski definition) is 5. The number of benzene rings is 1. The Labute approximate surface area is 185 Å². The molecule has 2 N–H and O–H groups in total. The first kappa shape index (κ1) is 22.3. The van der Waals surface area contributed by atoms with Crippen LogP contribution in [0.2, 0.25) is 0 Å². The molecule has 6 nitrogen and oxygen atoms in total. The quantitative estimate of drug-likeness (QED) is 0.572. The number of halogens is 1. The van der Waals surface area contributed by atoms with Crippen molar-refractivity contribution in [3.63, 3.8) is 0 Å². The van der Waals surface area contributed by atoms with Gasteiger partial charge in [0.15, 0.2) is 6.29 Å². The van der Waals surface area contributed by atoms with E-state index in [2.05, 4.69) is 4.98 Å². The molecule has 1 aliphatic carbocycles. The average molecular weight is 438 g/mol. The van der Waals surface area contributed by atoms with Crippen molar-refractivity contribution in [3.8, 4) is 11.4 Å². The van der Waals surface area contributed by atoms with Crippen molar-refractivity contribution in [3.05, 3.63) is 61.7 Å². The van der Waals surface area contributed by atoms with Crippen LogP contribution in [-0.2, 0) is 34.6 Å². The van der Waals surface area contributed by atoms with Crippen LogP contribution in [0, 0.1) is 19.7 Å². The molecule has 4 rings (SSSR count). The van der Waals surface area contributed by atoms with Gasteiger partial charge in [-0.2, -0.15) is 0 Å². The molecule has 7 heteroatoms. The zero-order valence-electron chi connectivity index (χ0n) is 18.8. The summed E-state index contributed by atoms with van der Waals surface area (Å²) in [5, 5.41) is 11.9. The Morgan fingerprint density at radius 2 is 1.94 bits per heavy atom. The summed E-state index contributed by atoms with van der Waals surface area (Å²) in [5.74, 6) is -0.298. The SMILES string of the molecule is CC[C@@](O)(C=O)c1cc(-c2nc3cc(F)c(C)c4c3c(c2C)CCC4)[nH]c(=O)c1COC. The van der Waals surface area contributed by atoms with Crippen LogP contribution in [-0.4, -0.2) is 28.5 Å². The molecule has 0 fully saturated rings. The van der Waals surface area contributed by atoms with E-state index in [-0.39, 0.29) is 30.0 Å². The summed E-state index contributed by atoms with van der Waals surface area (Å²) < 4.78 is 19.8. The first-order valence-corrected chi connectivity index (χ1v) is 10.8. The van der Waals surface area contributed by atoms with Crippen molar-refractivity contribution in [1.29, 1.82) is 0 Å². The number of hydrogen-bond donors (Lipinski definition) is 2. The van der Waals surface area contributed by atoms with Crippen LogP contribution in [0.15, 0.2) is 16.9 Å². The fraction of sp³-hybridized carbons (Fsp3) is 0.400. The number of nitrogens with zero attached hydrogens (tertiary/aromatic N) is 1. The Hall–Kier alpha value is -2.90. The minimum absolute atomic E-state index is 0.0513. The van der Waals surface area contributed by atoms with E-state index in [1.807, 2.05) is 6.92 Å². The Bertz CT molecular complexity index is 1300. The molecular formula is C25H27FN2O4. The molecule has 2 aromatic heterocycles. The highest BCUT2D eigenvalue weighted by Gasteiger charge is 2.32. The lowest BCUT2D eigenvalue weighted by Gasteiger charge is -2.25. The highest BCUT2D eigenvalue weighted by Crippen LogP contribution is 2.38. The van der Waals surface area contributed by atoms with Crippen molar-refractivity contribution in [1.82, 2.24) is 9.97 Å². The van der Waals surface area contributed by atoms with Crippen LogP contribution in [0.25, 0.3) is 22.3 Å². The normalized spacial score (nSPS) is 15.1. The minimum Gasteiger partial charge on any atom is -0.380 e. The molecule has 0 bridgehead atoms. The van der Waals surface area contributed by atoms with Crippen molar-refractivity contribution in [2.24, 2.45) is 0 Å². The van der Waals surface area contributed by atoms with E-state index in [1.165, 1.54) is 13.2 Å². The summed E-state index contributed by atoms with van der Waals surface area (Å²) in [5.41, 5.74) is 3.18. The minimum atomic E-state index is -1.83. The fourth-order valence-electron chi connectivity index (χ4n) is 4.80. The third-order valence-corrected chi connectivity index (χ3v) is 6.71. The van der Waals surface area contributed by atoms with Gasteiger partial charge in [0.05, 0.1) is 23.5 Å². The molecule has 1 atom stereocenters. The molecule has 32 heavy (non-hydrogen) atoms. The standard InChI is InChI=1S/C25H27FN2O4/c1-5-25(31,12-29)18-9-21(28-24(30)17(18)11-32-4)23-14(3)16-8-6-7-15-13(2)19(26)10-20(27-23)22(15)16/h9-10,12,31H,5-8,11H2,1-4H3,(H,28,30)/t25-/m1/s1. The van der Waals surface area contributed by atoms with Crippen LogP contribution < -0.4 is 5.56 Å². The predicted octanol–water partition coefficient (Wildman–Crippen LogP) is 3.78. The molecule has 0 unspecified atom stereocenters. The van der Waals surface area contributed by atoms with E-state index >= 15 is 0 Å². The molecule has 0 radical (unpaired) electrons. The van der Waals surface area contributed by atoms with Gasteiger partial charge in [0, 0.05) is 29.7 Å². The van der Waals surface area contributed by atoms with Crippen LogP contribution in [0.4, 0.5) is 4.39 Å². The summed E-state index contributed by atoms with van der Waals surface area (Å²) in [6, 6.07) is 3.04. The van der Waals surface area contributed by atoms with E-state index < -0.39 is 11.2 Å². The van der Waals surface area contributed by atoms with E-state index in [9.17, 15) is 19.1 Å². The maximum Gasteiger partial charge on any atom is 0.254 e. The third kappa shape index (κ3) is 3.36. The molecule has 0 saturated carbocycles. The van der Waals surface area contributed by atoms with Crippen molar-refractivity contribution < 1.29 is 19.0 Å². The molecule has 0 saturated heterocycles. The molecule has 0 aliphatic heterocycles. The lowest BCUT2D eigenvalue weighted by atomic mass is 9.84. The largest absolute Gasteiger partial charge is 0.380 e. The van der Waals surface area contributed by atoms with Gasteiger partial charge >= 0.3 is 0 Å². The first-order valence-electron chi connectivity index (χ1n) is 10.8. The topological polar surface area (TPSA) is 92.3 Å². The Kier molecular flexibility index (Phi) is 5.73. The summed E-state index contributed by atoms with van der Waals surface area (Å²) >= 11 is 0. The highest BCUT2D eigenvalue weighted by molar-refractivity contribution is 5.91. The molecule has 1 aliphatic rings.